The highest BCUT2D eigenvalue weighted by molar-refractivity contribution is 7.89. The summed E-state index contributed by atoms with van der Waals surface area (Å²) in [4.78, 5) is 12.1. The molecule has 28 heavy (non-hydrogen) atoms. The molecule has 5 nitrogen and oxygen atoms in total. The van der Waals surface area contributed by atoms with E-state index in [1.165, 1.54) is 0 Å². The number of hydrogen-bond donors (Lipinski definition) is 2. The average Bonchev–Trinajstić information content (AvgIpc) is 2.65. The lowest BCUT2D eigenvalue weighted by molar-refractivity contribution is -0.121. The summed E-state index contributed by atoms with van der Waals surface area (Å²) in [7, 11) is -3.53. The summed E-state index contributed by atoms with van der Waals surface area (Å²) >= 11 is 0. The van der Waals surface area contributed by atoms with E-state index >= 15 is 0 Å². The molecule has 2 rings (SSSR count). The Bertz CT molecular complexity index is 855. The molecule has 2 aromatic rings. The van der Waals surface area contributed by atoms with E-state index in [-0.39, 0.29) is 16.2 Å². The minimum absolute atomic E-state index is 0.00852. The maximum Gasteiger partial charge on any atom is 0.240 e. The van der Waals surface area contributed by atoms with Crippen molar-refractivity contribution in [2.24, 2.45) is 5.41 Å². The SMILES string of the molecule is CC(C)(C)CNC(=O)CCc1ccc(S(=O)(=O)NCCc2ccccc2)cc1. The largest absolute Gasteiger partial charge is 0.356 e. The van der Waals surface area contributed by atoms with E-state index in [1.807, 2.05) is 30.3 Å². The zero-order valence-electron chi connectivity index (χ0n) is 16.9. The normalized spacial score (nSPS) is 12.0. The summed E-state index contributed by atoms with van der Waals surface area (Å²) < 4.78 is 27.4. The second-order valence-corrected chi connectivity index (χ2v) is 9.88. The predicted molar refractivity (Wildman–Crippen MR) is 113 cm³/mol. The molecule has 0 bridgehead atoms. The Labute approximate surface area is 168 Å². The molecule has 0 heterocycles. The number of amides is 1. The molecule has 0 unspecified atom stereocenters. The molecule has 6 heteroatoms. The first kappa shape index (κ1) is 22.1. The van der Waals surface area contributed by atoms with Crippen molar-refractivity contribution in [3.8, 4) is 0 Å². The lowest BCUT2D eigenvalue weighted by atomic mass is 9.97. The molecular formula is C22H30N2O3S. The molecule has 0 atom stereocenters. The van der Waals surface area contributed by atoms with Crippen LogP contribution in [-0.2, 0) is 27.7 Å². The van der Waals surface area contributed by atoms with Gasteiger partial charge in [0.25, 0.3) is 0 Å². The fraction of sp³-hybridized carbons (Fsp3) is 0.409. The highest BCUT2D eigenvalue weighted by Crippen LogP contribution is 2.13. The lowest BCUT2D eigenvalue weighted by Crippen LogP contribution is -2.32. The Morgan fingerprint density at radius 2 is 1.50 bits per heavy atom. The number of hydrogen-bond acceptors (Lipinski definition) is 3. The summed E-state index contributed by atoms with van der Waals surface area (Å²) in [5.74, 6) is 0.00852. The Kier molecular flexibility index (Phi) is 7.78. The third kappa shape index (κ3) is 7.82. The monoisotopic (exact) mass is 402 g/mol. The number of benzene rings is 2. The Balaban J connectivity index is 1.82. The van der Waals surface area contributed by atoms with Gasteiger partial charge < -0.3 is 5.32 Å². The third-order valence-corrected chi connectivity index (χ3v) is 5.72. The number of nitrogens with one attached hydrogen (secondary N) is 2. The molecule has 0 aromatic heterocycles. The molecule has 0 spiro atoms. The molecule has 2 N–H and O–H groups in total. The first-order valence-corrected chi connectivity index (χ1v) is 11.0. The highest BCUT2D eigenvalue weighted by Gasteiger charge is 2.14. The van der Waals surface area contributed by atoms with Gasteiger partial charge in [-0.3, -0.25) is 4.79 Å². The quantitative estimate of drug-likeness (QED) is 0.676. The van der Waals surface area contributed by atoms with Crippen molar-refractivity contribution >= 4 is 15.9 Å². The van der Waals surface area contributed by atoms with E-state index in [1.54, 1.807) is 24.3 Å². The van der Waals surface area contributed by atoms with E-state index < -0.39 is 10.0 Å². The maximum atomic E-state index is 12.4. The van der Waals surface area contributed by atoms with E-state index in [0.29, 0.717) is 32.4 Å². The number of sulfonamides is 1. The van der Waals surface area contributed by atoms with E-state index in [4.69, 9.17) is 0 Å². The van der Waals surface area contributed by atoms with Crippen LogP contribution in [0, 0.1) is 5.41 Å². The van der Waals surface area contributed by atoms with E-state index in [2.05, 4.69) is 30.8 Å². The smallest absolute Gasteiger partial charge is 0.240 e. The van der Waals surface area contributed by atoms with Crippen molar-refractivity contribution in [1.29, 1.82) is 0 Å². The second kappa shape index (κ2) is 9.85. The molecule has 0 radical (unpaired) electrons. The summed E-state index contributed by atoms with van der Waals surface area (Å²) in [6.07, 6.45) is 1.61. The molecular weight excluding hydrogens is 372 g/mol. The van der Waals surface area contributed by atoms with Crippen LogP contribution in [0.15, 0.2) is 59.5 Å². The number of aryl methyl sites for hydroxylation is 1. The van der Waals surface area contributed by atoms with Crippen molar-refractivity contribution in [3.05, 3.63) is 65.7 Å². The van der Waals surface area contributed by atoms with E-state index in [9.17, 15) is 13.2 Å². The Hall–Kier alpha value is -2.18. The zero-order valence-corrected chi connectivity index (χ0v) is 17.7. The van der Waals surface area contributed by atoms with Crippen molar-refractivity contribution in [2.75, 3.05) is 13.1 Å². The van der Waals surface area contributed by atoms with Gasteiger partial charge in [0.1, 0.15) is 0 Å². The van der Waals surface area contributed by atoms with Gasteiger partial charge in [0, 0.05) is 19.5 Å². The standard InChI is InChI=1S/C22H30N2O3S/c1-22(2,3)17-23-21(25)14-11-19-9-12-20(13-10-19)28(26,27)24-16-15-18-7-5-4-6-8-18/h4-10,12-13,24H,11,14-17H2,1-3H3,(H,23,25). The molecule has 1 amide bonds. The maximum absolute atomic E-state index is 12.4. The van der Waals surface area contributed by atoms with Crippen LogP contribution in [0.5, 0.6) is 0 Å². The summed E-state index contributed by atoms with van der Waals surface area (Å²) in [5.41, 5.74) is 2.08. The van der Waals surface area contributed by atoms with Crippen LogP contribution in [0.2, 0.25) is 0 Å². The number of carbonyl (C=O) groups excluding carboxylic acids is 1. The second-order valence-electron chi connectivity index (χ2n) is 8.11. The molecule has 0 fully saturated rings. The lowest BCUT2D eigenvalue weighted by Gasteiger charge is -2.18. The fourth-order valence-electron chi connectivity index (χ4n) is 2.60. The third-order valence-electron chi connectivity index (χ3n) is 4.24. The number of carbonyl (C=O) groups is 1. The summed E-state index contributed by atoms with van der Waals surface area (Å²) in [6, 6.07) is 16.5. The van der Waals surface area contributed by atoms with Gasteiger partial charge in [0.05, 0.1) is 4.90 Å². The predicted octanol–water partition coefficient (Wildman–Crippen LogP) is 3.30. The number of rotatable bonds is 9. The van der Waals surface area contributed by atoms with Gasteiger partial charge in [-0.2, -0.15) is 0 Å². The minimum Gasteiger partial charge on any atom is -0.356 e. The minimum atomic E-state index is -3.53. The van der Waals surface area contributed by atoms with Crippen molar-refractivity contribution in [1.82, 2.24) is 10.0 Å². The fourth-order valence-corrected chi connectivity index (χ4v) is 3.63. The Morgan fingerprint density at radius 1 is 0.893 bits per heavy atom. The average molecular weight is 403 g/mol. The highest BCUT2D eigenvalue weighted by atomic mass is 32.2. The molecule has 0 aliphatic carbocycles. The molecule has 0 aliphatic rings. The van der Waals surface area contributed by atoms with Crippen LogP contribution < -0.4 is 10.0 Å². The van der Waals surface area contributed by atoms with Crippen LogP contribution in [-0.4, -0.2) is 27.4 Å². The van der Waals surface area contributed by atoms with Gasteiger partial charge in [0.2, 0.25) is 15.9 Å². The molecule has 2 aromatic carbocycles. The van der Waals surface area contributed by atoms with Gasteiger partial charge in [-0.15, -0.1) is 0 Å². The molecule has 152 valence electrons. The van der Waals surface area contributed by atoms with Crippen LogP contribution in [0.4, 0.5) is 0 Å². The summed E-state index contributed by atoms with van der Waals surface area (Å²) in [6.45, 7) is 7.20. The molecule has 0 saturated heterocycles. The van der Waals surface area contributed by atoms with Crippen molar-refractivity contribution < 1.29 is 13.2 Å². The Morgan fingerprint density at radius 3 is 2.11 bits per heavy atom. The van der Waals surface area contributed by atoms with E-state index in [0.717, 1.165) is 11.1 Å². The van der Waals surface area contributed by atoms with Crippen molar-refractivity contribution in [2.45, 2.75) is 44.9 Å². The van der Waals surface area contributed by atoms with Crippen LogP contribution in [0.1, 0.15) is 38.3 Å². The first-order chi connectivity index (χ1) is 13.2. The van der Waals surface area contributed by atoms with Crippen molar-refractivity contribution in [3.63, 3.8) is 0 Å². The van der Waals surface area contributed by atoms with Gasteiger partial charge in [0.15, 0.2) is 0 Å². The first-order valence-electron chi connectivity index (χ1n) is 9.55. The van der Waals surface area contributed by atoms with Gasteiger partial charge >= 0.3 is 0 Å². The van der Waals surface area contributed by atoms with Gasteiger partial charge in [-0.25, -0.2) is 13.1 Å². The molecule has 0 aliphatic heterocycles. The molecule has 0 saturated carbocycles. The van der Waals surface area contributed by atoms with Gasteiger partial charge in [-0.05, 0) is 41.5 Å². The van der Waals surface area contributed by atoms with Gasteiger partial charge in [-0.1, -0.05) is 63.2 Å². The van der Waals surface area contributed by atoms with Crippen LogP contribution in [0.25, 0.3) is 0 Å². The summed E-state index contributed by atoms with van der Waals surface area (Å²) in [5, 5.41) is 2.92. The topological polar surface area (TPSA) is 75.3 Å². The zero-order chi connectivity index (χ0) is 20.6. The van der Waals surface area contributed by atoms with Crippen LogP contribution >= 0.6 is 0 Å². The van der Waals surface area contributed by atoms with Crippen LogP contribution in [0.3, 0.4) is 0 Å².